The molecule has 0 aliphatic heterocycles. The molecule has 0 amide bonds. The van der Waals surface area contributed by atoms with Crippen molar-refractivity contribution in [2.24, 2.45) is 5.41 Å². The Balaban J connectivity index is 1.15. The molecule has 8 aromatic rings. The van der Waals surface area contributed by atoms with Gasteiger partial charge in [0.15, 0.2) is 5.58 Å². The van der Waals surface area contributed by atoms with Gasteiger partial charge in [-0.1, -0.05) is 133 Å². The summed E-state index contributed by atoms with van der Waals surface area (Å²) >= 11 is 0. The third-order valence-corrected chi connectivity index (χ3v) is 11.6. The van der Waals surface area contributed by atoms with E-state index in [0.29, 0.717) is 11.3 Å². The third-order valence-electron chi connectivity index (χ3n) is 11.6. The van der Waals surface area contributed by atoms with Crippen LogP contribution in [0.1, 0.15) is 103 Å². The minimum absolute atomic E-state index is 0.278. The Morgan fingerprint density at radius 3 is 2.02 bits per heavy atom. The van der Waals surface area contributed by atoms with E-state index in [1.54, 1.807) is 0 Å². The Morgan fingerprint density at radius 2 is 1.29 bits per heavy atom. The second-order valence-corrected chi connectivity index (χ2v) is 16.3. The first-order valence-corrected chi connectivity index (χ1v) is 19.0. The number of para-hydroxylation sites is 2. The van der Waals surface area contributed by atoms with Crippen molar-refractivity contribution >= 4 is 43.8 Å². The maximum absolute atomic E-state index is 9.31. The lowest BCUT2D eigenvalue weighted by Crippen LogP contribution is -2.20. The lowest BCUT2D eigenvalue weighted by Gasteiger charge is -2.34. The number of nitrogens with zero attached hydrogens (tertiary/aromatic N) is 1. The van der Waals surface area contributed by atoms with Crippen LogP contribution in [0.3, 0.4) is 0 Å². The minimum Gasteiger partial charge on any atom is -0.455 e. The molecule has 1 fully saturated rings. The second kappa shape index (κ2) is 12.5. The highest BCUT2D eigenvalue weighted by atomic mass is 16.4. The summed E-state index contributed by atoms with van der Waals surface area (Å²) in [6.07, 6.45) is 4.04. The molecule has 0 unspecified atom stereocenters. The molecule has 6 aromatic carbocycles. The number of hydrogen-bond donors (Lipinski definition) is 0. The molecule has 3 nitrogen and oxygen atoms in total. The largest absolute Gasteiger partial charge is 0.455 e. The molecule has 260 valence electrons. The highest BCUT2D eigenvalue weighted by molar-refractivity contribution is 6.17. The van der Waals surface area contributed by atoms with Gasteiger partial charge in [-0.15, -0.1) is 0 Å². The minimum atomic E-state index is -0.497. The molecule has 0 saturated heterocycles. The zero-order valence-electron chi connectivity index (χ0n) is 32.1. The Labute approximate surface area is 308 Å². The molecule has 0 radical (unpaired) electrons. The SMILES string of the molecule is [2H]C1(c2ccc(-c3cc(C(C)C)c(-c4cccc5nc(-c6cccc7c6oc6c8ccccc8ccc76)oc45)c(C(C)C)c3)cc2)CCC(C)(C)CC1. The topological polar surface area (TPSA) is 39.2 Å². The van der Waals surface area contributed by atoms with Gasteiger partial charge in [0.1, 0.15) is 16.7 Å². The molecule has 0 spiro atoms. The van der Waals surface area contributed by atoms with E-state index in [1.807, 2.05) is 12.1 Å². The second-order valence-electron chi connectivity index (χ2n) is 16.3. The maximum atomic E-state index is 9.31. The average Bonchev–Trinajstić information content (AvgIpc) is 3.78. The van der Waals surface area contributed by atoms with E-state index in [0.717, 1.165) is 86.2 Å². The number of benzene rings is 6. The summed E-state index contributed by atoms with van der Waals surface area (Å²) in [6, 6.07) is 38.9. The molecule has 2 heterocycles. The zero-order valence-corrected chi connectivity index (χ0v) is 31.1. The fraction of sp³-hybridized carbons (Fsp3) is 0.286. The van der Waals surface area contributed by atoms with E-state index in [4.69, 9.17) is 13.8 Å². The Hall–Kier alpha value is -5.15. The fourth-order valence-corrected chi connectivity index (χ4v) is 8.45. The molecule has 52 heavy (non-hydrogen) atoms. The molecule has 0 bridgehead atoms. The highest BCUT2D eigenvalue weighted by Gasteiger charge is 2.28. The molecular formula is C49H47NO2. The average molecular weight is 683 g/mol. The van der Waals surface area contributed by atoms with E-state index in [2.05, 4.69) is 139 Å². The van der Waals surface area contributed by atoms with Crippen molar-refractivity contribution in [1.29, 1.82) is 0 Å². The molecule has 0 atom stereocenters. The molecule has 3 heteroatoms. The summed E-state index contributed by atoms with van der Waals surface area (Å²) in [5, 5.41) is 4.40. The number of aromatic nitrogens is 1. The molecule has 1 saturated carbocycles. The first kappa shape index (κ1) is 31.6. The van der Waals surface area contributed by atoms with Crippen molar-refractivity contribution in [2.75, 3.05) is 0 Å². The van der Waals surface area contributed by atoms with Gasteiger partial charge >= 0.3 is 0 Å². The van der Waals surface area contributed by atoms with E-state index < -0.39 is 5.89 Å². The van der Waals surface area contributed by atoms with Crippen LogP contribution in [0.15, 0.2) is 118 Å². The molecule has 1 aliphatic carbocycles. The zero-order chi connectivity index (χ0) is 36.6. The smallest absolute Gasteiger partial charge is 0.231 e. The van der Waals surface area contributed by atoms with Crippen molar-refractivity contribution in [3.05, 3.63) is 126 Å². The summed E-state index contributed by atoms with van der Waals surface area (Å²) in [6.45, 7) is 13.8. The normalized spacial score (nSPS) is 16.1. The predicted molar refractivity (Wildman–Crippen MR) is 218 cm³/mol. The van der Waals surface area contributed by atoms with E-state index >= 15 is 0 Å². The Morgan fingerprint density at radius 1 is 0.635 bits per heavy atom. The van der Waals surface area contributed by atoms with Crippen LogP contribution >= 0.6 is 0 Å². The van der Waals surface area contributed by atoms with Crippen molar-refractivity contribution in [1.82, 2.24) is 4.98 Å². The maximum Gasteiger partial charge on any atom is 0.231 e. The summed E-state index contributed by atoms with van der Waals surface area (Å²) in [4.78, 5) is 5.08. The third kappa shape index (κ3) is 5.53. The van der Waals surface area contributed by atoms with E-state index in [-0.39, 0.29) is 11.8 Å². The fourth-order valence-electron chi connectivity index (χ4n) is 8.45. The van der Waals surface area contributed by atoms with Gasteiger partial charge in [0, 0.05) is 23.1 Å². The molecule has 9 rings (SSSR count). The summed E-state index contributed by atoms with van der Waals surface area (Å²) in [5.41, 5.74) is 12.9. The van der Waals surface area contributed by atoms with Crippen LogP contribution in [-0.4, -0.2) is 4.98 Å². The Bertz CT molecular complexity index is 2630. The van der Waals surface area contributed by atoms with Gasteiger partial charge in [0.2, 0.25) is 5.89 Å². The first-order valence-electron chi connectivity index (χ1n) is 19.5. The van der Waals surface area contributed by atoms with Crippen molar-refractivity contribution in [3.8, 4) is 33.7 Å². The first-order chi connectivity index (χ1) is 25.5. The monoisotopic (exact) mass is 682 g/mol. The summed E-state index contributed by atoms with van der Waals surface area (Å²) < 4.78 is 22.8. The van der Waals surface area contributed by atoms with Gasteiger partial charge in [-0.25, -0.2) is 4.98 Å². The number of furan rings is 1. The van der Waals surface area contributed by atoms with Crippen molar-refractivity contribution < 1.29 is 10.2 Å². The van der Waals surface area contributed by atoms with Crippen LogP contribution in [0, 0.1) is 5.41 Å². The molecule has 2 aromatic heterocycles. The number of rotatable bonds is 6. The van der Waals surface area contributed by atoms with Gasteiger partial charge in [-0.3, -0.25) is 0 Å². The quantitative estimate of drug-likeness (QED) is 0.175. The van der Waals surface area contributed by atoms with Gasteiger partial charge in [0.05, 0.1) is 5.56 Å². The molecule has 1 aliphatic rings. The van der Waals surface area contributed by atoms with Crippen molar-refractivity contribution in [2.45, 2.75) is 85.0 Å². The number of hydrogen-bond acceptors (Lipinski definition) is 3. The van der Waals surface area contributed by atoms with Crippen LogP contribution in [0.2, 0.25) is 0 Å². The van der Waals surface area contributed by atoms with E-state index in [1.165, 1.54) is 27.8 Å². The number of fused-ring (bicyclic) bond motifs is 6. The predicted octanol–water partition coefficient (Wildman–Crippen LogP) is 14.8. The van der Waals surface area contributed by atoms with Gasteiger partial charge in [-0.2, -0.15) is 0 Å². The molecular weight excluding hydrogens is 635 g/mol. The summed E-state index contributed by atoms with van der Waals surface area (Å²) in [7, 11) is 0. The lowest BCUT2D eigenvalue weighted by molar-refractivity contribution is 0.224. The van der Waals surface area contributed by atoms with Crippen LogP contribution < -0.4 is 0 Å². The Kier molecular flexibility index (Phi) is 7.60. The van der Waals surface area contributed by atoms with Crippen LogP contribution in [0.25, 0.3) is 77.5 Å². The standard InChI is InChI=1S/C49H47NO2/c1-29(2)41-27-35(32-19-17-31(18-20-32)33-23-25-49(5,6)26-24-33)28-42(30(3)4)44(41)39-14-10-16-43-47(39)52-48(50-43)40-15-9-13-37-38-22-21-34-11-7-8-12-36(34)45(38)51-46(37)40/h7-22,27-30,33H,23-26H2,1-6H3/i33D. The lowest BCUT2D eigenvalue weighted by atomic mass is 9.71. The summed E-state index contributed by atoms with van der Waals surface area (Å²) in [5.74, 6) is 0.619. The molecule has 0 N–H and O–H groups in total. The van der Waals surface area contributed by atoms with Crippen LogP contribution in [0.5, 0.6) is 0 Å². The van der Waals surface area contributed by atoms with Crippen LogP contribution in [0.4, 0.5) is 0 Å². The van der Waals surface area contributed by atoms with Gasteiger partial charge in [0.25, 0.3) is 0 Å². The highest BCUT2D eigenvalue weighted by Crippen LogP contribution is 2.46. The van der Waals surface area contributed by atoms with Gasteiger partial charge in [-0.05, 0) is 106 Å². The van der Waals surface area contributed by atoms with Gasteiger partial charge < -0.3 is 8.83 Å². The number of oxazole rings is 1. The van der Waals surface area contributed by atoms with E-state index in [9.17, 15) is 1.37 Å². The van der Waals surface area contributed by atoms with Crippen LogP contribution in [-0.2, 0) is 0 Å². The van der Waals surface area contributed by atoms with Crippen molar-refractivity contribution in [3.63, 3.8) is 0 Å².